The monoisotopic (exact) mass is 493 g/mol. The fourth-order valence-electron chi connectivity index (χ4n) is 5.58. The number of fused-ring (bicyclic) bond motifs is 1. The van der Waals surface area contributed by atoms with E-state index >= 15 is 0 Å². The Labute approximate surface area is 203 Å². The predicted molar refractivity (Wildman–Crippen MR) is 125 cm³/mol. The first-order valence-corrected chi connectivity index (χ1v) is 12.4. The molecule has 0 spiro atoms. The molecule has 7 nitrogen and oxygen atoms in total. The highest BCUT2D eigenvalue weighted by atomic mass is 35.5. The van der Waals surface area contributed by atoms with Gasteiger partial charge in [-0.15, -0.1) is 0 Å². The molecule has 1 aromatic carbocycles. The van der Waals surface area contributed by atoms with Gasteiger partial charge in [-0.1, -0.05) is 35.7 Å². The molecule has 178 valence electrons. The van der Waals surface area contributed by atoms with Gasteiger partial charge in [-0.2, -0.15) is 0 Å². The van der Waals surface area contributed by atoms with Crippen LogP contribution in [0.4, 0.5) is 0 Å². The number of hydrogen-bond donors (Lipinski definition) is 2. The molecule has 2 N–H and O–H groups in total. The van der Waals surface area contributed by atoms with Crippen LogP contribution in [0.3, 0.4) is 0 Å². The third-order valence-corrected chi connectivity index (χ3v) is 8.02. The smallest absolute Gasteiger partial charge is 0.243 e. The van der Waals surface area contributed by atoms with Gasteiger partial charge in [0.25, 0.3) is 0 Å². The first-order valence-electron chi connectivity index (χ1n) is 11.6. The molecule has 3 fully saturated rings. The topological polar surface area (TPSA) is 95.6 Å². The Balaban J connectivity index is 1.41. The number of amides is 3. The van der Waals surface area contributed by atoms with Gasteiger partial charge in [0.05, 0.1) is 16.1 Å². The molecule has 1 aromatic rings. The van der Waals surface area contributed by atoms with E-state index < -0.39 is 12.1 Å². The highest BCUT2D eigenvalue weighted by molar-refractivity contribution is 6.42. The number of aryl methyl sites for hydroxylation is 1. The molecule has 1 aliphatic carbocycles. The molecule has 2 saturated heterocycles. The summed E-state index contributed by atoms with van der Waals surface area (Å²) in [6, 6.07) is 4.01. The summed E-state index contributed by atoms with van der Waals surface area (Å²) in [5.41, 5.74) is 0.911. The van der Waals surface area contributed by atoms with Crippen molar-refractivity contribution in [1.82, 2.24) is 15.5 Å². The minimum atomic E-state index is -0.736. The van der Waals surface area contributed by atoms with E-state index in [1.807, 2.05) is 6.07 Å². The van der Waals surface area contributed by atoms with Gasteiger partial charge in [-0.3, -0.25) is 14.4 Å². The van der Waals surface area contributed by atoms with Crippen molar-refractivity contribution in [2.75, 3.05) is 13.1 Å². The number of hydrogen-bond acceptors (Lipinski definition) is 4. The van der Waals surface area contributed by atoms with E-state index in [0.29, 0.717) is 48.2 Å². The molecule has 1 unspecified atom stereocenters. The molecule has 1 saturated carbocycles. The number of likely N-dealkylation sites (tertiary alicyclic amines) is 1. The van der Waals surface area contributed by atoms with Crippen LogP contribution in [-0.4, -0.2) is 54.1 Å². The van der Waals surface area contributed by atoms with Crippen molar-refractivity contribution in [1.29, 1.82) is 0 Å². The number of rotatable bonds is 8. The predicted octanol–water partition coefficient (Wildman–Crippen LogP) is 2.76. The van der Waals surface area contributed by atoms with E-state index in [1.54, 1.807) is 17.0 Å². The summed E-state index contributed by atoms with van der Waals surface area (Å²) < 4.78 is 0. The molecule has 33 heavy (non-hydrogen) atoms. The van der Waals surface area contributed by atoms with Crippen LogP contribution >= 0.6 is 23.2 Å². The Morgan fingerprint density at radius 1 is 1.21 bits per heavy atom. The van der Waals surface area contributed by atoms with Gasteiger partial charge < -0.3 is 20.3 Å². The number of carbonyl (C=O) groups excluding carboxylic acids is 4. The lowest BCUT2D eigenvalue weighted by Gasteiger charge is -2.28. The van der Waals surface area contributed by atoms with Crippen LogP contribution in [0.5, 0.6) is 0 Å². The van der Waals surface area contributed by atoms with Gasteiger partial charge >= 0.3 is 0 Å². The maximum Gasteiger partial charge on any atom is 0.243 e. The van der Waals surface area contributed by atoms with Crippen molar-refractivity contribution >= 4 is 47.2 Å². The molecule has 0 radical (unpaired) electrons. The molecule has 3 amide bonds. The molecule has 0 aromatic heterocycles. The van der Waals surface area contributed by atoms with Crippen molar-refractivity contribution in [3.63, 3.8) is 0 Å². The fraction of sp³-hybridized carbons (Fsp3) is 0.583. The van der Waals surface area contributed by atoms with Crippen LogP contribution in [0.25, 0.3) is 0 Å². The summed E-state index contributed by atoms with van der Waals surface area (Å²) in [4.78, 5) is 51.7. The zero-order chi connectivity index (χ0) is 23.5. The van der Waals surface area contributed by atoms with E-state index in [1.165, 1.54) is 0 Å². The Bertz CT molecular complexity index is 940. The molecule has 4 rings (SSSR count). The molecule has 5 atom stereocenters. The molecule has 9 heteroatoms. The number of halogens is 2. The third-order valence-electron chi connectivity index (χ3n) is 7.28. The second-order valence-electron chi connectivity index (χ2n) is 9.36. The average molecular weight is 494 g/mol. The Kier molecular flexibility index (Phi) is 7.59. The van der Waals surface area contributed by atoms with Gasteiger partial charge in [0.1, 0.15) is 12.3 Å². The first-order chi connectivity index (χ1) is 15.9. The minimum absolute atomic E-state index is 0.0755. The van der Waals surface area contributed by atoms with Crippen molar-refractivity contribution in [2.45, 2.75) is 57.0 Å². The molecule has 2 heterocycles. The summed E-state index contributed by atoms with van der Waals surface area (Å²) >= 11 is 12.1. The summed E-state index contributed by atoms with van der Waals surface area (Å²) in [6.07, 6.45) is 5.36. The number of nitrogens with zero attached hydrogens (tertiary/aromatic N) is 1. The maximum atomic E-state index is 13.3. The number of benzene rings is 1. The molecule has 2 aliphatic heterocycles. The van der Waals surface area contributed by atoms with Gasteiger partial charge in [0, 0.05) is 25.4 Å². The van der Waals surface area contributed by atoms with Crippen LogP contribution in [-0.2, 0) is 25.6 Å². The third kappa shape index (κ3) is 5.35. The summed E-state index contributed by atoms with van der Waals surface area (Å²) in [5, 5.41) is 6.50. The van der Waals surface area contributed by atoms with Gasteiger partial charge in [-0.25, -0.2) is 0 Å². The first kappa shape index (κ1) is 24.0. The van der Waals surface area contributed by atoms with Gasteiger partial charge in [-0.05, 0) is 61.6 Å². The number of carbonyl (C=O) groups is 4. The van der Waals surface area contributed by atoms with Crippen LogP contribution in [0.1, 0.15) is 44.1 Å². The maximum absolute atomic E-state index is 13.3. The second-order valence-corrected chi connectivity index (χ2v) is 10.2. The molecular weight excluding hydrogens is 465 g/mol. The number of aldehydes is 1. The molecule has 3 aliphatic rings. The summed E-state index contributed by atoms with van der Waals surface area (Å²) in [6.45, 7) is 1.16. The van der Waals surface area contributed by atoms with E-state index in [9.17, 15) is 19.2 Å². The minimum Gasteiger partial charge on any atom is -0.356 e. The van der Waals surface area contributed by atoms with Crippen LogP contribution in [0, 0.1) is 17.8 Å². The highest BCUT2D eigenvalue weighted by Crippen LogP contribution is 2.42. The number of nitrogens with one attached hydrogen (secondary N) is 2. The largest absolute Gasteiger partial charge is 0.356 e. The van der Waals surface area contributed by atoms with Gasteiger partial charge in [0.15, 0.2) is 0 Å². The zero-order valence-corrected chi connectivity index (χ0v) is 19.9. The SMILES string of the molecule is O=C[C@H](C[C@@H]1CCNC1=O)NC(=O)C1[C@@H]2CCC[C@H]2CN1C(=O)CCc1ccc(Cl)c(Cl)c1. The fourth-order valence-corrected chi connectivity index (χ4v) is 5.90. The van der Waals surface area contributed by atoms with Crippen molar-refractivity contribution in [3.8, 4) is 0 Å². The quantitative estimate of drug-likeness (QED) is 0.544. The Morgan fingerprint density at radius 3 is 2.73 bits per heavy atom. The van der Waals surface area contributed by atoms with Crippen molar-refractivity contribution in [3.05, 3.63) is 33.8 Å². The standard InChI is InChI=1S/C24H29Cl2N3O4/c25-19-6-4-14(10-20(19)26)5-7-21(31)29-12-16-2-1-3-18(16)22(29)24(33)28-17(13-30)11-15-8-9-27-23(15)32/h4,6,10,13,15-18,22H,1-3,5,7-9,11-12H2,(H,27,32)(H,28,33)/t15-,16-,17-,18+,22?/m0/s1. The van der Waals surface area contributed by atoms with E-state index in [4.69, 9.17) is 23.2 Å². The second kappa shape index (κ2) is 10.4. The lowest BCUT2D eigenvalue weighted by Crippen LogP contribution is -2.52. The Morgan fingerprint density at radius 2 is 2.03 bits per heavy atom. The Hall–Kier alpha value is -2.12. The molecular formula is C24H29Cl2N3O4. The van der Waals surface area contributed by atoms with Gasteiger partial charge in [0.2, 0.25) is 17.7 Å². The summed E-state index contributed by atoms with van der Waals surface area (Å²) in [5.74, 6) is -0.290. The van der Waals surface area contributed by atoms with Crippen molar-refractivity contribution < 1.29 is 19.2 Å². The lowest BCUT2D eigenvalue weighted by molar-refractivity contribution is -0.140. The van der Waals surface area contributed by atoms with E-state index in [2.05, 4.69) is 10.6 Å². The zero-order valence-electron chi connectivity index (χ0n) is 18.4. The van der Waals surface area contributed by atoms with E-state index in [0.717, 1.165) is 24.8 Å². The van der Waals surface area contributed by atoms with Crippen LogP contribution in [0.2, 0.25) is 10.0 Å². The average Bonchev–Trinajstić information content (AvgIpc) is 3.50. The highest BCUT2D eigenvalue weighted by Gasteiger charge is 2.49. The van der Waals surface area contributed by atoms with E-state index in [-0.39, 0.29) is 42.4 Å². The van der Waals surface area contributed by atoms with Crippen LogP contribution in [0.15, 0.2) is 18.2 Å². The molecule has 0 bridgehead atoms. The lowest BCUT2D eigenvalue weighted by atomic mass is 9.92. The van der Waals surface area contributed by atoms with Crippen LogP contribution < -0.4 is 10.6 Å². The summed E-state index contributed by atoms with van der Waals surface area (Å²) in [7, 11) is 0. The van der Waals surface area contributed by atoms with Crippen molar-refractivity contribution in [2.24, 2.45) is 17.8 Å². The normalized spacial score (nSPS) is 27.2.